The lowest BCUT2D eigenvalue weighted by molar-refractivity contribution is -0.133. The normalized spacial score (nSPS) is 15.8. The zero-order valence-electron chi connectivity index (χ0n) is 11.8. The van der Waals surface area contributed by atoms with Crippen molar-refractivity contribution in [2.45, 2.75) is 39.0 Å². The average molecular weight is 279 g/mol. The summed E-state index contributed by atoms with van der Waals surface area (Å²) in [6, 6.07) is 1.57. The van der Waals surface area contributed by atoms with Crippen LogP contribution in [0.4, 0.5) is 5.82 Å². The first-order chi connectivity index (χ1) is 9.65. The van der Waals surface area contributed by atoms with Crippen LogP contribution < -0.4 is 5.32 Å². The van der Waals surface area contributed by atoms with Gasteiger partial charge in [0.1, 0.15) is 6.26 Å². The van der Waals surface area contributed by atoms with Crippen LogP contribution in [-0.2, 0) is 9.59 Å². The van der Waals surface area contributed by atoms with E-state index in [2.05, 4.69) is 15.0 Å². The number of rotatable bonds is 5. The molecule has 0 spiro atoms. The zero-order chi connectivity index (χ0) is 14.4. The lowest BCUT2D eigenvalue weighted by Crippen LogP contribution is -2.40. The van der Waals surface area contributed by atoms with E-state index in [9.17, 15) is 9.59 Å². The molecule has 0 aliphatic heterocycles. The maximum Gasteiger partial charge on any atom is 0.245 e. The van der Waals surface area contributed by atoms with Crippen molar-refractivity contribution in [1.29, 1.82) is 0 Å². The quantitative estimate of drug-likeness (QED) is 0.895. The third-order valence-corrected chi connectivity index (χ3v) is 3.69. The zero-order valence-corrected chi connectivity index (χ0v) is 11.8. The summed E-state index contributed by atoms with van der Waals surface area (Å²) in [5.41, 5.74) is 0. The fourth-order valence-electron chi connectivity index (χ4n) is 2.62. The van der Waals surface area contributed by atoms with E-state index in [4.69, 9.17) is 0 Å². The molecular formula is C14H21N3O3. The van der Waals surface area contributed by atoms with E-state index in [0.29, 0.717) is 18.3 Å². The number of carbonyl (C=O) groups is 2. The summed E-state index contributed by atoms with van der Waals surface area (Å²) in [7, 11) is 0. The van der Waals surface area contributed by atoms with E-state index in [-0.39, 0.29) is 18.4 Å². The SMILES string of the molecule is CC(=O)N(CC(=O)Nc1ccon1)CC1CCCCC1. The Hall–Kier alpha value is -1.85. The van der Waals surface area contributed by atoms with Gasteiger partial charge in [-0.15, -0.1) is 0 Å². The molecule has 0 atom stereocenters. The van der Waals surface area contributed by atoms with E-state index < -0.39 is 0 Å². The Balaban J connectivity index is 1.84. The molecular weight excluding hydrogens is 258 g/mol. The van der Waals surface area contributed by atoms with Gasteiger partial charge < -0.3 is 14.7 Å². The van der Waals surface area contributed by atoms with Gasteiger partial charge in [0.25, 0.3) is 0 Å². The number of amides is 2. The molecule has 1 saturated carbocycles. The lowest BCUT2D eigenvalue weighted by atomic mass is 9.89. The standard InChI is InChI=1S/C14H21N3O3/c1-11(18)17(9-12-5-3-2-4-6-12)10-14(19)15-13-7-8-20-16-13/h7-8,12H,2-6,9-10H2,1H3,(H,15,16,19). The highest BCUT2D eigenvalue weighted by molar-refractivity contribution is 5.93. The van der Waals surface area contributed by atoms with Crippen molar-refractivity contribution in [3.05, 3.63) is 12.3 Å². The maximum absolute atomic E-state index is 11.9. The smallest absolute Gasteiger partial charge is 0.245 e. The molecule has 6 heteroatoms. The van der Waals surface area contributed by atoms with Gasteiger partial charge in [-0.25, -0.2) is 0 Å². The summed E-state index contributed by atoms with van der Waals surface area (Å²) in [5.74, 6) is 0.583. The van der Waals surface area contributed by atoms with Gasteiger partial charge in [-0.1, -0.05) is 24.4 Å². The molecule has 1 aliphatic rings. The van der Waals surface area contributed by atoms with Crippen LogP contribution in [0.2, 0.25) is 0 Å². The van der Waals surface area contributed by atoms with Crippen molar-refractivity contribution in [3.8, 4) is 0 Å². The van der Waals surface area contributed by atoms with Crippen molar-refractivity contribution >= 4 is 17.6 Å². The van der Waals surface area contributed by atoms with Gasteiger partial charge in [0, 0.05) is 19.5 Å². The van der Waals surface area contributed by atoms with Crippen LogP contribution in [0.1, 0.15) is 39.0 Å². The second-order valence-electron chi connectivity index (χ2n) is 5.34. The molecule has 1 aromatic heterocycles. The van der Waals surface area contributed by atoms with Crippen LogP contribution in [0.25, 0.3) is 0 Å². The first kappa shape index (κ1) is 14.6. The minimum Gasteiger partial charge on any atom is -0.363 e. The summed E-state index contributed by atoms with van der Waals surface area (Å²) in [5, 5.41) is 6.22. The third kappa shape index (κ3) is 4.36. The summed E-state index contributed by atoms with van der Waals surface area (Å²) >= 11 is 0. The Morgan fingerprint density at radius 1 is 1.40 bits per heavy atom. The highest BCUT2D eigenvalue weighted by Gasteiger charge is 2.21. The van der Waals surface area contributed by atoms with E-state index in [1.807, 2.05) is 0 Å². The van der Waals surface area contributed by atoms with E-state index in [1.165, 1.54) is 32.4 Å². The van der Waals surface area contributed by atoms with Gasteiger partial charge >= 0.3 is 0 Å². The molecule has 0 saturated heterocycles. The molecule has 1 fully saturated rings. The Bertz CT molecular complexity index is 439. The molecule has 1 aliphatic carbocycles. The molecule has 1 N–H and O–H groups in total. The van der Waals surface area contributed by atoms with E-state index in [1.54, 1.807) is 11.0 Å². The molecule has 0 bridgehead atoms. The van der Waals surface area contributed by atoms with Crippen LogP contribution in [0, 0.1) is 5.92 Å². The van der Waals surface area contributed by atoms with E-state index >= 15 is 0 Å². The number of nitrogens with one attached hydrogen (secondary N) is 1. The number of anilines is 1. The first-order valence-corrected chi connectivity index (χ1v) is 7.11. The van der Waals surface area contributed by atoms with Crippen molar-refractivity contribution < 1.29 is 14.1 Å². The molecule has 0 radical (unpaired) electrons. The fourth-order valence-corrected chi connectivity index (χ4v) is 2.62. The van der Waals surface area contributed by atoms with Crippen molar-refractivity contribution in [2.75, 3.05) is 18.4 Å². The van der Waals surface area contributed by atoms with Crippen LogP contribution in [-0.4, -0.2) is 35.0 Å². The molecule has 0 aromatic carbocycles. The van der Waals surface area contributed by atoms with Gasteiger partial charge in [-0.05, 0) is 18.8 Å². The predicted octanol–water partition coefficient (Wildman–Crippen LogP) is 2.04. The van der Waals surface area contributed by atoms with Gasteiger partial charge in [0.2, 0.25) is 11.8 Å². The fraction of sp³-hybridized carbons (Fsp3) is 0.643. The number of aromatic nitrogens is 1. The third-order valence-electron chi connectivity index (χ3n) is 3.69. The Kier molecular flexibility index (Phi) is 5.15. The largest absolute Gasteiger partial charge is 0.363 e. The van der Waals surface area contributed by atoms with Crippen LogP contribution >= 0.6 is 0 Å². The topological polar surface area (TPSA) is 75.4 Å². The minimum absolute atomic E-state index is 0.0640. The van der Waals surface area contributed by atoms with Gasteiger partial charge in [0.15, 0.2) is 5.82 Å². The highest BCUT2D eigenvalue weighted by atomic mass is 16.5. The highest BCUT2D eigenvalue weighted by Crippen LogP contribution is 2.24. The number of nitrogens with zero attached hydrogens (tertiary/aromatic N) is 2. The Labute approximate surface area is 118 Å². The predicted molar refractivity (Wildman–Crippen MR) is 74.0 cm³/mol. The number of hydrogen-bond donors (Lipinski definition) is 1. The lowest BCUT2D eigenvalue weighted by Gasteiger charge is -2.28. The summed E-state index contributed by atoms with van der Waals surface area (Å²) < 4.78 is 4.64. The van der Waals surface area contributed by atoms with Crippen LogP contribution in [0.15, 0.2) is 16.9 Å². The van der Waals surface area contributed by atoms with Gasteiger partial charge in [-0.3, -0.25) is 9.59 Å². The molecule has 2 amide bonds. The second-order valence-corrected chi connectivity index (χ2v) is 5.34. The molecule has 6 nitrogen and oxygen atoms in total. The first-order valence-electron chi connectivity index (χ1n) is 7.11. The Morgan fingerprint density at radius 3 is 2.75 bits per heavy atom. The molecule has 110 valence electrons. The number of hydrogen-bond acceptors (Lipinski definition) is 4. The molecule has 0 unspecified atom stereocenters. The van der Waals surface area contributed by atoms with Crippen LogP contribution in [0.3, 0.4) is 0 Å². The van der Waals surface area contributed by atoms with Crippen molar-refractivity contribution in [3.63, 3.8) is 0 Å². The van der Waals surface area contributed by atoms with Gasteiger partial charge in [-0.2, -0.15) is 0 Å². The van der Waals surface area contributed by atoms with Crippen LogP contribution in [0.5, 0.6) is 0 Å². The van der Waals surface area contributed by atoms with Crippen molar-refractivity contribution in [1.82, 2.24) is 10.1 Å². The van der Waals surface area contributed by atoms with Gasteiger partial charge in [0.05, 0.1) is 6.54 Å². The second kappa shape index (κ2) is 7.07. The summed E-state index contributed by atoms with van der Waals surface area (Å²) in [6.45, 7) is 2.24. The molecule has 20 heavy (non-hydrogen) atoms. The Morgan fingerprint density at radius 2 is 2.15 bits per heavy atom. The molecule has 2 rings (SSSR count). The van der Waals surface area contributed by atoms with Crippen molar-refractivity contribution in [2.24, 2.45) is 5.92 Å². The maximum atomic E-state index is 11.9. The monoisotopic (exact) mass is 279 g/mol. The minimum atomic E-state index is -0.245. The van der Waals surface area contributed by atoms with E-state index in [0.717, 1.165) is 12.8 Å². The molecule has 1 aromatic rings. The average Bonchev–Trinajstić information content (AvgIpc) is 2.92. The summed E-state index contributed by atoms with van der Waals surface area (Å²) in [4.78, 5) is 25.2. The molecule has 1 heterocycles. The number of carbonyl (C=O) groups excluding carboxylic acids is 2. The summed E-state index contributed by atoms with van der Waals surface area (Å²) in [6.07, 6.45) is 7.41.